The van der Waals surface area contributed by atoms with Crippen molar-refractivity contribution in [2.45, 2.75) is 20.3 Å². The summed E-state index contributed by atoms with van der Waals surface area (Å²) in [4.78, 5) is 15.7. The van der Waals surface area contributed by atoms with E-state index in [-0.39, 0.29) is 5.97 Å². The SMILES string of the molecule is CCc1ncc(Br)c(C(=O)OC)c1C. The normalized spacial score (nSPS) is 10.0. The van der Waals surface area contributed by atoms with Crippen LogP contribution in [0, 0.1) is 6.92 Å². The molecule has 0 aliphatic heterocycles. The minimum absolute atomic E-state index is 0.327. The molecule has 0 spiro atoms. The molecule has 0 N–H and O–H groups in total. The van der Waals surface area contributed by atoms with Crippen LogP contribution in [0.5, 0.6) is 0 Å². The second-order valence-electron chi connectivity index (χ2n) is 2.90. The van der Waals surface area contributed by atoms with Crippen LogP contribution in [-0.2, 0) is 11.2 Å². The molecular weight excluding hydrogens is 246 g/mol. The molecule has 0 atom stereocenters. The van der Waals surface area contributed by atoms with Gasteiger partial charge in [0.1, 0.15) is 0 Å². The van der Waals surface area contributed by atoms with Gasteiger partial charge < -0.3 is 4.74 Å². The van der Waals surface area contributed by atoms with Crippen molar-refractivity contribution in [3.05, 3.63) is 27.5 Å². The number of esters is 1. The molecule has 0 aromatic carbocycles. The van der Waals surface area contributed by atoms with Crippen LogP contribution in [0.2, 0.25) is 0 Å². The predicted octanol–water partition coefficient (Wildman–Crippen LogP) is 2.50. The Morgan fingerprint density at radius 1 is 1.64 bits per heavy atom. The summed E-state index contributed by atoms with van der Waals surface area (Å²) >= 11 is 3.29. The van der Waals surface area contributed by atoms with Gasteiger partial charge in [0.15, 0.2) is 0 Å². The molecule has 1 aromatic heterocycles. The Labute approximate surface area is 91.6 Å². The Hall–Kier alpha value is -0.900. The lowest BCUT2D eigenvalue weighted by Crippen LogP contribution is -2.08. The Morgan fingerprint density at radius 2 is 2.29 bits per heavy atom. The molecule has 0 bridgehead atoms. The van der Waals surface area contributed by atoms with Gasteiger partial charge in [0, 0.05) is 11.9 Å². The summed E-state index contributed by atoms with van der Waals surface area (Å²) in [6, 6.07) is 0. The van der Waals surface area contributed by atoms with Gasteiger partial charge in [-0.2, -0.15) is 0 Å². The van der Waals surface area contributed by atoms with E-state index >= 15 is 0 Å². The minimum atomic E-state index is -0.327. The zero-order chi connectivity index (χ0) is 10.7. The maximum absolute atomic E-state index is 11.4. The maximum Gasteiger partial charge on any atom is 0.339 e. The Kier molecular flexibility index (Phi) is 3.63. The molecule has 4 heteroatoms. The quantitative estimate of drug-likeness (QED) is 0.765. The Bertz CT molecular complexity index is 363. The molecule has 0 fully saturated rings. The number of rotatable bonds is 2. The molecule has 0 radical (unpaired) electrons. The lowest BCUT2D eigenvalue weighted by molar-refractivity contribution is 0.0598. The second-order valence-corrected chi connectivity index (χ2v) is 3.75. The van der Waals surface area contributed by atoms with Gasteiger partial charge in [0.2, 0.25) is 0 Å². The molecule has 1 aromatic rings. The molecule has 76 valence electrons. The molecule has 0 saturated carbocycles. The lowest BCUT2D eigenvalue weighted by Gasteiger charge is -2.09. The minimum Gasteiger partial charge on any atom is -0.465 e. The van der Waals surface area contributed by atoms with Crippen molar-refractivity contribution in [2.75, 3.05) is 7.11 Å². The standard InChI is InChI=1S/C10H12BrNO2/c1-4-8-6(2)9(10(13)14-3)7(11)5-12-8/h5H,4H2,1-3H3. The lowest BCUT2D eigenvalue weighted by atomic mass is 10.1. The van der Waals surface area contributed by atoms with Crippen molar-refractivity contribution in [1.82, 2.24) is 4.98 Å². The molecule has 3 nitrogen and oxygen atoms in total. The number of carbonyl (C=O) groups excluding carboxylic acids is 1. The molecule has 0 aliphatic carbocycles. The second kappa shape index (κ2) is 4.55. The van der Waals surface area contributed by atoms with Crippen molar-refractivity contribution in [3.63, 3.8) is 0 Å². The van der Waals surface area contributed by atoms with E-state index in [1.807, 2.05) is 13.8 Å². The molecule has 14 heavy (non-hydrogen) atoms. The van der Waals surface area contributed by atoms with E-state index in [4.69, 9.17) is 4.74 Å². The summed E-state index contributed by atoms with van der Waals surface area (Å²) in [6.07, 6.45) is 2.45. The average molecular weight is 258 g/mol. The first-order valence-electron chi connectivity index (χ1n) is 4.34. The first-order chi connectivity index (χ1) is 6.61. The molecule has 0 amide bonds. The van der Waals surface area contributed by atoms with Gasteiger partial charge in [-0.15, -0.1) is 0 Å². The number of hydrogen-bond acceptors (Lipinski definition) is 3. The molecule has 0 unspecified atom stereocenters. The third-order valence-corrected chi connectivity index (χ3v) is 2.71. The first kappa shape index (κ1) is 11.2. The van der Waals surface area contributed by atoms with Crippen molar-refractivity contribution in [3.8, 4) is 0 Å². The molecular formula is C10H12BrNO2. The van der Waals surface area contributed by atoms with Crippen LogP contribution in [0.1, 0.15) is 28.5 Å². The van der Waals surface area contributed by atoms with Gasteiger partial charge in [-0.05, 0) is 34.8 Å². The summed E-state index contributed by atoms with van der Waals surface area (Å²) < 4.78 is 5.38. The number of methoxy groups -OCH3 is 1. The molecule has 0 aliphatic rings. The van der Waals surface area contributed by atoms with Gasteiger partial charge in [-0.25, -0.2) is 4.79 Å². The fraction of sp³-hybridized carbons (Fsp3) is 0.400. The highest BCUT2D eigenvalue weighted by Crippen LogP contribution is 2.22. The molecule has 1 heterocycles. The zero-order valence-corrected chi connectivity index (χ0v) is 10.0. The summed E-state index contributed by atoms with van der Waals surface area (Å²) in [5, 5.41) is 0. The van der Waals surface area contributed by atoms with Crippen molar-refractivity contribution in [2.24, 2.45) is 0 Å². The fourth-order valence-electron chi connectivity index (χ4n) is 1.33. The van der Waals surface area contributed by atoms with Gasteiger partial charge in [0.25, 0.3) is 0 Å². The van der Waals surface area contributed by atoms with Crippen molar-refractivity contribution >= 4 is 21.9 Å². The number of aromatic nitrogens is 1. The third-order valence-electron chi connectivity index (χ3n) is 2.10. The van der Waals surface area contributed by atoms with E-state index in [2.05, 4.69) is 20.9 Å². The van der Waals surface area contributed by atoms with Gasteiger partial charge in [-0.3, -0.25) is 4.98 Å². The third kappa shape index (κ3) is 1.95. The van der Waals surface area contributed by atoms with Crippen LogP contribution < -0.4 is 0 Å². The van der Waals surface area contributed by atoms with Gasteiger partial charge >= 0.3 is 5.97 Å². The smallest absolute Gasteiger partial charge is 0.339 e. The number of carbonyl (C=O) groups is 1. The summed E-state index contributed by atoms with van der Waals surface area (Å²) in [6.45, 7) is 3.88. The van der Waals surface area contributed by atoms with E-state index in [1.165, 1.54) is 7.11 Å². The fourth-order valence-corrected chi connectivity index (χ4v) is 1.89. The van der Waals surface area contributed by atoms with Crippen LogP contribution in [0.25, 0.3) is 0 Å². The first-order valence-corrected chi connectivity index (χ1v) is 5.13. The van der Waals surface area contributed by atoms with Crippen LogP contribution in [-0.4, -0.2) is 18.1 Å². The highest BCUT2D eigenvalue weighted by Gasteiger charge is 2.16. The molecule has 1 rings (SSSR count). The van der Waals surface area contributed by atoms with Crippen molar-refractivity contribution in [1.29, 1.82) is 0 Å². The Balaban J connectivity index is 3.32. The number of halogens is 1. The topological polar surface area (TPSA) is 39.2 Å². The number of nitrogens with zero attached hydrogens (tertiary/aromatic N) is 1. The molecule has 0 saturated heterocycles. The summed E-state index contributed by atoms with van der Waals surface area (Å²) in [7, 11) is 1.38. The Morgan fingerprint density at radius 3 is 2.79 bits per heavy atom. The average Bonchev–Trinajstić information content (AvgIpc) is 2.18. The van der Waals surface area contributed by atoms with Crippen molar-refractivity contribution < 1.29 is 9.53 Å². The zero-order valence-electron chi connectivity index (χ0n) is 8.43. The number of pyridine rings is 1. The monoisotopic (exact) mass is 257 g/mol. The summed E-state index contributed by atoms with van der Waals surface area (Å²) in [5.41, 5.74) is 2.38. The van der Waals surface area contributed by atoms with E-state index in [1.54, 1.807) is 6.20 Å². The number of hydrogen-bond donors (Lipinski definition) is 0. The largest absolute Gasteiger partial charge is 0.465 e. The highest BCUT2D eigenvalue weighted by atomic mass is 79.9. The maximum atomic E-state index is 11.4. The predicted molar refractivity (Wildman–Crippen MR) is 57.4 cm³/mol. The van der Waals surface area contributed by atoms with E-state index < -0.39 is 0 Å². The van der Waals surface area contributed by atoms with Crippen LogP contribution in [0.4, 0.5) is 0 Å². The highest BCUT2D eigenvalue weighted by molar-refractivity contribution is 9.10. The van der Waals surface area contributed by atoms with E-state index in [0.717, 1.165) is 17.7 Å². The van der Waals surface area contributed by atoms with Gasteiger partial charge in [-0.1, -0.05) is 6.92 Å². The van der Waals surface area contributed by atoms with Gasteiger partial charge in [0.05, 0.1) is 17.1 Å². The summed E-state index contributed by atoms with van der Waals surface area (Å²) in [5.74, 6) is -0.327. The number of ether oxygens (including phenoxy) is 1. The van der Waals surface area contributed by atoms with Crippen LogP contribution in [0.3, 0.4) is 0 Å². The van der Waals surface area contributed by atoms with Crippen LogP contribution in [0.15, 0.2) is 10.7 Å². The van der Waals surface area contributed by atoms with E-state index in [0.29, 0.717) is 10.0 Å². The van der Waals surface area contributed by atoms with Crippen LogP contribution >= 0.6 is 15.9 Å². The van der Waals surface area contributed by atoms with E-state index in [9.17, 15) is 4.79 Å². The number of aryl methyl sites for hydroxylation is 1.